The molecule has 3 aromatic rings. The number of H-pyrrole nitrogens is 1. The van der Waals surface area contributed by atoms with Crippen molar-refractivity contribution >= 4 is 10.9 Å². The molecule has 17 heavy (non-hydrogen) atoms. The van der Waals surface area contributed by atoms with Crippen molar-refractivity contribution in [2.75, 3.05) is 0 Å². The molecule has 0 unspecified atom stereocenters. The standard InChI is InChI=1S/C14H11NO2/c1-9-6-12(16)8-14(17-9)11-3-2-10-4-5-15-13(10)7-11/h2-8,15H,1H3. The van der Waals surface area contributed by atoms with Gasteiger partial charge in [-0.3, -0.25) is 4.79 Å². The fourth-order valence-electron chi connectivity index (χ4n) is 1.95. The van der Waals surface area contributed by atoms with Crippen LogP contribution in [0.2, 0.25) is 0 Å². The Morgan fingerprint density at radius 2 is 2.00 bits per heavy atom. The number of aryl methyl sites for hydroxylation is 1. The fourth-order valence-corrected chi connectivity index (χ4v) is 1.95. The summed E-state index contributed by atoms with van der Waals surface area (Å²) < 4.78 is 5.56. The molecule has 0 bridgehead atoms. The van der Waals surface area contributed by atoms with Gasteiger partial charge < -0.3 is 9.40 Å². The highest BCUT2D eigenvalue weighted by atomic mass is 16.3. The Morgan fingerprint density at radius 1 is 1.12 bits per heavy atom. The predicted molar refractivity (Wildman–Crippen MR) is 67.0 cm³/mol. The lowest BCUT2D eigenvalue weighted by molar-refractivity contribution is 0.530. The van der Waals surface area contributed by atoms with E-state index in [2.05, 4.69) is 4.98 Å². The fraction of sp³-hybridized carbons (Fsp3) is 0.0714. The molecule has 1 aromatic carbocycles. The molecule has 2 heterocycles. The van der Waals surface area contributed by atoms with E-state index in [1.165, 1.54) is 12.1 Å². The maximum Gasteiger partial charge on any atom is 0.185 e. The van der Waals surface area contributed by atoms with Gasteiger partial charge in [0.25, 0.3) is 0 Å². The Bertz CT molecular complexity index is 737. The zero-order valence-electron chi connectivity index (χ0n) is 9.36. The van der Waals surface area contributed by atoms with Crippen LogP contribution >= 0.6 is 0 Å². The van der Waals surface area contributed by atoms with Gasteiger partial charge in [-0.15, -0.1) is 0 Å². The lowest BCUT2D eigenvalue weighted by Gasteiger charge is -2.02. The molecule has 3 rings (SSSR count). The van der Waals surface area contributed by atoms with Crippen LogP contribution in [0.15, 0.2) is 51.8 Å². The average molecular weight is 225 g/mol. The van der Waals surface area contributed by atoms with E-state index in [1.54, 1.807) is 6.92 Å². The van der Waals surface area contributed by atoms with Crippen molar-refractivity contribution < 1.29 is 4.42 Å². The summed E-state index contributed by atoms with van der Waals surface area (Å²) in [7, 11) is 0. The summed E-state index contributed by atoms with van der Waals surface area (Å²) in [6, 6.07) is 10.9. The molecular formula is C14H11NO2. The first-order valence-corrected chi connectivity index (χ1v) is 5.42. The van der Waals surface area contributed by atoms with E-state index in [1.807, 2.05) is 30.5 Å². The van der Waals surface area contributed by atoms with Gasteiger partial charge in [-0.05, 0) is 24.4 Å². The van der Waals surface area contributed by atoms with Gasteiger partial charge in [0.2, 0.25) is 0 Å². The molecule has 0 saturated carbocycles. The molecule has 0 amide bonds. The van der Waals surface area contributed by atoms with E-state index in [4.69, 9.17) is 4.42 Å². The second kappa shape index (κ2) is 3.63. The maximum atomic E-state index is 11.4. The second-order valence-electron chi connectivity index (χ2n) is 4.05. The number of benzene rings is 1. The second-order valence-corrected chi connectivity index (χ2v) is 4.05. The molecule has 2 aromatic heterocycles. The largest absolute Gasteiger partial charge is 0.461 e. The van der Waals surface area contributed by atoms with E-state index >= 15 is 0 Å². The summed E-state index contributed by atoms with van der Waals surface area (Å²) >= 11 is 0. The van der Waals surface area contributed by atoms with Gasteiger partial charge in [0.05, 0.1) is 0 Å². The highest BCUT2D eigenvalue weighted by molar-refractivity contribution is 5.83. The van der Waals surface area contributed by atoms with Crippen LogP contribution in [0.4, 0.5) is 0 Å². The molecule has 0 fully saturated rings. The number of hydrogen-bond donors (Lipinski definition) is 1. The summed E-state index contributed by atoms with van der Waals surface area (Å²) in [5, 5.41) is 1.14. The molecular weight excluding hydrogens is 214 g/mol. The van der Waals surface area contributed by atoms with Gasteiger partial charge in [-0.1, -0.05) is 12.1 Å². The minimum atomic E-state index is -0.0321. The molecule has 3 heteroatoms. The van der Waals surface area contributed by atoms with Crippen molar-refractivity contribution in [2.24, 2.45) is 0 Å². The quantitative estimate of drug-likeness (QED) is 0.691. The number of hydrogen-bond acceptors (Lipinski definition) is 2. The van der Waals surface area contributed by atoms with Gasteiger partial charge >= 0.3 is 0 Å². The van der Waals surface area contributed by atoms with Gasteiger partial charge in [-0.2, -0.15) is 0 Å². The number of fused-ring (bicyclic) bond motifs is 1. The predicted octanol–water partition coefficient (Wildman–Crippen LogP) is 3.10. The van der Waals surface area contributed by atoms with Gasteiger partial charge in [0, 0.05) is 29.4 Å². The summed E-state index contributed by atoms with van der Waals surface area (Å²) in [5.41, 5.74) is 1.91. The topological polar surface area (TPSA) is 46.0 Å². The lowest BCUT2D eigenvalue weighted by atomic mass is 10.1. The summed E-state index contributed by atoms with van der Waals surface area (Å²) in [6.07, 6.45) is 1.89. The smallest absolute Gasteiger partial charge is 0.185 e. The van der Waals surface area contributed by atoms with Crippen LogP contribution in [0.3, 0.4) is 0 Å². The van der Waals surface area contributed by atoms with E-state index in [0.29, 0.717) is 11.5 Å². The summed E-state index contributed by atoms with van der Waals surface area (Å²) in [4.78, 5) is 14.6. The van der Waals surface area contributed by atoms with E-state index < -0.39 is 0 Å². The molecule has 0 aliphatic heterocycles. The van der Waals surface area contributed by atoms with Crippen LogP contribution in [-0.4, -0.2) is 4.98 Å². The van der Waals surface area contributed by atoms with Gasteiger partial charge in [0.15, 0.2) is 5.43 Å². The monoisotopic (exact) mass is 225 g/mol. The molecule has 0 spiro atoms. The van der Waals surface area contributed by atoms with Crippen LogP contribution in [0.25, 0.3) is 22.2 Å². The number of nitrogens with one attached hydrogen (secondary N) is 1. The first-order valence-electron chi connectivity index (χ1n) is 5.42. The van der Waals surface area contributed by atoms with Crippen molar-refractivity contribution in [3.63, 3.8) is 0 Å². The van der Waals surface area contributed by atoms with Crippen LogP contribution in [0.5, 0.6) is 0 Å². The average Bonchev–Trinajstić information content (AvgIpc) is 2.74. The highest BCUT2D eigenvalue weighted by Gasteiger charge is 2.04. The Hall–Kier alpha value is -2.29. The Morgan fingerprint density at radius 3 is 2.82 bits per heavy atom. The number of aromatic nitrogens is 1. The third-order valence-electron chi connectivity index (χ3n) is 2.73. The maximum absolute atomic E-state index is 11.4. The lowest BCUT2D eigenvalue weighted by Crippen LogP contribution is -1.98. The van der Waals surface area contributed by atoms with Crippen molar-refractivity contribution in [1.29, 1.82) is 0 Å². The molecule has 0 saturated heterocycles. The van der Waals surface area contributed by atoms with E-state index in [9.17, 15) is 4.79 Å². The minimum Gasteiger partial charge on any atom is -0.461 e. The Labute approximate surface area is 97.7 Å². The van der Waals surface area contributed by atoms with Crippen molar-refractivity contribution in [3.8, 4) is 11.3 Å². The normalized spacial score (nSPS) is 10.9. The van der Waals surface area contributed by atoms with Crippen LogP contribution < -0.4 is 5.43 Å². The zero-order chi connectivity index (χ0) is 11.8. The highest BCUT2D eigenvalue weighted by Crippen LogP contribution is 2.23. The summed E-state index contributed by atoms with van der Waals surface area (Å²) in [6.45, 7) is 1.78. The first kappa shape index (κ1) is 9.90. The molecule has 1 N–H and O–H groups in total. The zero-order valence-corrected chi connectivity index (χ0v) is 9.36. The number of rotatable bonds is 1. The molecule has 0 radical (unpaired) electrons. The Balaban J connectivity index is 2.22. The SMILES string of the molecule is Cc1cc(=O)cc(-c2ccc3cc[nH]c3c2)o1. The van der Waals surface area contributed by atoms with Crippen molar-refractivity contribution in [1.82, 2.24) is 4.98 Å². The van der Waals surface area contributed by atoms with Crippen molar-refractivity contribution in [2.45, 2.75) is 6.92 Å². The van der Waals surface area contributed by atoms with Crippen LogP contribution in [0.1, 0.15) is 5.76 Å². The van der Waals surface area contributed by atoms with Gasteiger partial charge in [-0.25, -0.2) is 0 Å². The van der Waals surface area contributed by atoms with Crippen LogP contribution in [0, 0.1) is 6.92 Å². The van der Waals surface area contributed by atoms with Crippen LogP contribution in [-0.2, 0) is 0 Å². The number of aromatic amines is 1. The van der Waals surface area contributed by atoms with Crippen molar-refractivity contribution in [3.05, 3.63) is 58.6 Å². The molecule has 0 atom stereocenters. The third kappa shape index (κ3) is 1.76. The molecule has 3 nitrogen and oxygen atoms in total. The molecule has 84 valence electrons. The van der Waals surface area contributed by atoms with E-state index in [-0.39, 0.29) is 5.43 Å². The van der Waals surface area contributed by atoms with E-state index in [0.717, 1.165) is 16.5 Å². The first-order chi connectivity index (χ1) is 8.22. The summed E-state index contributed by atoms with van der Waals surface area (Å²) in [5.74, 6) is 1.23. The van der Waals surface area contributed by atoms with Gasteiger partial charge in [0.1, 0.15) is 11.5 Å². The minimum absolute atomic E-state index is 0.0321. The third-order valence-corrected chi connectivity index (χ3v) is 2.73. The Kier molecular flexibility index (Phi) is 2.11. The molecule has 0 aliphatic carbocycles. The molecule has 0 aliphatic rings.